The van der Waals surface area contributed by atoms with Crippen molar-refractivity contribution in [2.24, 2.45) is 11.8 Å². The number of hydrogen-bond acceptors (Lipinski definition) is 2. The molecule has 1 saturated heterocycles. The second kappa shape index (κ2) is 6.93. The van der Waals surface area contributed by atoms with Crippen molar-refractivity contribution < 1.29 is 0 Å². The molecule has 2 nitrogen and oxygen atoms in total. The van der Waals surface area contributed by atoms with Crippen molar-refractivity contribution in [2.75, 3.05) is 19.6 Å². The van der Waals surface area contributed by atoms with E-state index in [0.717, 1.165) is 19.0 Å². The van der Waals surface area contributed by atoms with Crippen molar-refractivity contribution in [3.8, 4) is 0 Å². The summed E-state index contributed by atoms with van der Waals surface area (Å²) in [5, 5.41) is 3.82. The summed E-state index contributed by atoms with van der Waals surface area (Å²) in [5.74, 6) is 1.46. The highest BCUT2D eigenvalue weighted by atomic mass is 15.3. The summed E-state index contributed by atoms with van der Waals surface area (Å²) in [6.45, 7) is 15.1. The zero-order valence-corrected chi connectivity index (χ0v) is 14.4. The highest BCUT2D eigenvalue weighted by molar-refractivity contribution is 5.25. The summed E-state index contributed by atoms with van der Waals surface area (Å²) in [6.07, 6.45) is 1.26. The Labute approximate surface area is 130 Å². The largest absolute Gasteiger partial charge is 0.305 e. The lowest BCUT2D eigenvalue weighted by Gasteiger charge is -2.48. The number of nitrogens with zero attached hydrogens (tertiary/aromatic N) is 1. The van der Waals surface area contributed by atoms with E-state index in [4.69, 9.17) is 0 Å². The number of hydrogen-bond donors (Lipinski definition) is 1. The lowest BCUT2D eigenvalue weighted by molar-refractivity contribution is 0.0490. The van der Waals surface area contributed by atoms with E-state index in [1.54, 1.807) is 0 Å². The van der Waals surface area contributed by atoms with E-state index >= 15 is 0 Å². The predicted molar refractivity (Wildman–Crippen MR) is 91.5 cm³/mol. The molecule has 3 atom stereocenters. The fourth-order valence-electron chi connectivity index (χ4n) is 3.42. The zero-order chi connectivity index (χ0) is 15.5. The fourth-order valence-corrected chi connectivity index (χ4v) is 3.42. The van der Waals surface area contributed by atoms with Gasteiger partial charge in [-0.15, -0.1) is 0 Å². The Morgan fingerprint density at radius 2 is 1.90 bits per heavy atom. The SMILES string of the molecule is CCC(C)CN1CC(C)(c2ccccc2)NCC1C(C)C. The molecule has 21 heavy (non-hydrogen) atoms. The molecule has 0 aliphatic carbocycles. The predicted octanol–water partition coefficient (Wildman–Crippen LogP) is 3.88. The summed E-state index contributed by atoms with van der Waals surface area (Å²) < 4.78 is 0. The van der Waals surface area contributed by atoms with Crippen LogP contribution in [0.2, 0.25) is 0 Å². The fraction of sp³-hybridized carbons (Fsp3) is 0.684. The van der Waals surface area contributed by atoms with E-state index in [0.29, 0.717) is 12.0 Å². The third-order valence-electron chi connectivity index (χ3n) is 5.11. The smallest absolute Gasteiger partial charge is 0.0535 e. The van der Waals surface area contributed by atoms with Gasteiger partial charge >= 0.3 is 0 Å². The van der Waals surface area contributed by atoms with Gasteiger partial charge in [0.15, 0.2) is 0 Å². The first-order valence-electron chi connectivity index (χ1n) is 8.51. The number of piperazine rings is 1. The Kier molecular flexibility index (Phi) is 5.45. The van der Waals surface area contributed by atoms with Crippen molar-refractivity contribution in [3.63, 3.8) is 0 Å². The average molecular weight is 288 g/mol. The number of benzene rings is 1. The Morgan fingerprint density at radius 1 is 1.24 bits per heavy atom. The zero-order valence-electron chi connectivity index (χ0n) is 14.4. The summed E-state index contributed by atoms with van der Waals surface area (Å²) >= 11 is 0. The molecule has 0 bridgehead atoms. The summed E-state index contributed by atoms with van der Waals surface area (Å²) in [6, 6.07) is 11.6. The molecular formula is C19H32N2. The molecule has 1 aliphatic heterocycles. The lowest BCUT2D eigenvalue weighted by atomic mass is 9.85. The molecule has 0 spiro atoms. The molecule has 1 N–H and O–H groups in total. The van der Waals surface area contributed by atoms with Crippen LogP contribution in [0.25, 0.3) is 0 Å². The molecule has 2 rings (SSSR count). The van der Waals surface area contributed by atoms with Crippen LogP contribution in [-0.2, 0) is 5.54 Å². The van der Waals surface area contributed by atoms with Crippen LogP contribution in [0.5, 0.6) is 0 Å². The van der Waals surface area contributed by atoms with E-state index in [1.807, 2.05) is 0 Å². The lowest BCUT2D eigenvalue weighted by Crippen LogP contribution is -2.63. The second-order valence-electron chi connectivity index (χ2n) is 7.33. The minimum atomic E-state index is 0.0696. The molecule has 1 aromatic carbocycles. The van der Waals surface area contributed by atoms with E-state index in [2.05, 4.69) is 75.2 Å². The molecule has 0 saturated carbocycles. The highest BCUT2D eigenvalue weighted by Crippen LogP contribution is 2.29. The van der Waals surface area contributed by atoms with Gasteiger partial charge in [-0.3, -0.25) is 4.90 Å². The minimum absolute atomic E-state index is 0.0696. The van der Waals surface area contributed by atoms with Gasteiger partial charge in [-0.25, -0.2) is 0 Å². The van der Waals surface area contributed by atoms with Gasteiger partial charge in [0.1, 0.15) is 0 Å². The van der Waals surface area contributed by atoms with Gasteiger partial charge < -0.3 is 5.32 Å². The number of nitrogens with one attached hydrogen (secondary N) is 1. The molecule has 0 amide bonds. The van der Waals surface area contributed by atoms with Crippen LogP contribution in [0.4, 0.5) is 0 Å². The van der Waals surface area contributed by atoms with Crippen molar-refractivity contribution in [1.29, 1.82) is 0 Å². The van der Waals surface area contributed by atoms with Gasteiger partial charge in [0, 0.05) is 25.7 Å². The summed E-state index contributed by atoms with van der Waals surface area (Å²) in [5.41, 5.74) is 1.47. The van der Waals surface area contributed by atoms with Crippen LogP contribution in [0.1, 0.15) is 46.6 Å². The first-order chi connectivity index (χ1) is 9.96. The van der Waals surface area contributed by atoms with Gasteiger partial charge in [-0.1, -0.05) is 64.4 Å². The molecular weight excluding hydrogens is 256 g/mol. The minimum Gasteiger partial charge on any atom is -0.305 e. The molecule has 1 aromatic rings. The quantitative estimate of drug-likeness (QED) is 0.884. The molecule has 3 unspecified atom stereocenters. The Balaban J connectivity index is 2.18. The summed E-state index contributed by atoms with van der Waals surface area (Å²) in [4.78, 5) is 2.72. The molecule has 1 heterocycles. The van der Waals surface area contributed by atoms with Crippen LogP contribution in [-0.4, -0.2) is 30.6 Å². The maximum absolute atomic E-state index is 3.82. The van der Waals surface area contributed by atoms with E-state index in [9.17, 15) is 0 Å². The van der Waals surface area contributed by atoms with Crippen LogP contribution in [0.15, 0.2) is 30.3 Å². The van der Waals surface area contributed by atoms with Gasteiger partial charge in [-0.05, 0) is 24.3 Å². The molecule has 118 valence electrons. The van der Waals surface area contributed by atoms with E-state index < -0.39 is 0 Å². The van der Waals surface area contributed by atoms with Gasteiger partial charge in [0.25, 0.3) is 0 Å². The van der Waals surface area contributed by atoms with Crippen molar-refractivity contribution in [3.05, 3.63) is 35.9 Å². The van der Waals surface area contributed by atoms with Gasteiger partial charge in [0.2, 0.25) is 0 Å². The van der Waals surface area contributed by atoms with Gasteiger partial charge in [-0.2, -0.15) is 0 Å². The summed E-state index contributed by atoms with van der Waals surface area (Å²) in [7, 11) is 0. The van der Waals surface area contributed by atoms with E-state index in [1.165, 1.54) is 18.5 Å². The molecule has 0 radical (unpaired) electrons. The Morgan fingerprint density at radius 3 is 2.48 bits per heavy atom. The topological polar surface area (TPSA) is 15.3 Å². The first-order valence-corrected chi connectivity index (χ1v) is 8.51. The van der Waals surface area contributed by atoms with Crippen molar-refractivity contribution in [1.82, 2.24) is 10.2 Å². The molecule has 0 aromatic heterocycles. The maximum atomic E-state index is 3.82. The monoisotopic (exact) mass is 288 g/mol. The first kappa shape index (κ1) is 16.5. The Hall–Kier alpha value is -0.860. The average Bonchev–Trinajstić information content (AvgIpc) is 2.48. The van der Waals surface area contributed by atoms with Crippen LogP contribution in [0, 0.1) is 11.8 Å². The third kappa shape index (κ3) is 3.87. The normalized spacial score (nSPS) is 28.8. The second-order valence-corrected chi connectivity index (χ2v) is 7.33. The van der Waals surface area contributed by atoms with Crippen LogP contribution < -0.4 is 5.32 Å². The van der Waals surface area contributed by atoms with E-state index in [-0.39, 0.29) is 5.54 Å². The third-order valence-corrected chi connectivity index (χ3v) is 5.11. The maximum Gasteiger partial charge on any atom is 0.0535 e. The Bertz CT molecular complexity index is 428. The molecule has 1 fully saturated rings. The van der Waals surface area contributed by atoms with Crippen LogP contribution >= 0.6 is 0 Å². The van der Waals surface area contributed by atoms with Gasteiger partial charge in [0.05, 0.1) is 5.54 Å². The van der Waals surface area contributed by atoms with Crippen LogP contribution in [0.3, 0.4) is 0 Å². The molecule has 1 aliphatic rings. The number of rotatable bonds is 5. The van der Waals surface area contributed by atoms with Crippen molar-refractivity contribution >= 4 is 0 Å². The molecule has 2 heteroatoms. The van der Waals surface area contributed by atoms with Crippen molar-refractivity contribution in [2.45, 2.75) is 52.6 Å². The standard InChI is InChI=1S/C19H32N2/c1-6-16(4)13-21-14-19(5,17-10-8-7-9-11-17)20-12-18(21)15(2)3/h7-11,15-16,18,20H,6,12-14H2,1-5H3. The highest BCUT2D eigenvalue weighted by Gasteiger charge is 2.38.